The molecule has 0 bridgehead atoms. The summed E-state index contributed by atoms with van der Waals surface area (Å²) < 4.78 is 2.42. The first-order valence-corrected chi connectivity index (χ1v) is 6.29. The van der Waals surface area contributed by atoms with E-state index in [-0.39, 0.29) is 12.3 Å². The molecule has 0 fully saturated rings. The first-order chi connectivity index (χ1) is 8.33. The van der Waals surface area contributed by atoms with Crippen LogP contribution in [0.1, 0.15) is 20.3 Å². The maximum atomic E-state index is 11.2. The number of aromatic nitrogens is 2. The maximum Gasteiger partial charge on any atom is 0.219 e. The average molecular weight is 284 g/mol. The molecule has 0 radical (unpaired) electrons. The lowest BCUT2D eigenvalue weighted by Gasteiger charge is -2.26. The van der Waals surface area contributed by atoms with Crippen molar-refractivity contribution >= 4 is 40.8 Å². The fourth-order valence-corrected chi connectivity index (χ4v) is 2.87. The summed E-state index contributed by atoms with van der Waals surface area (Å²) in [4.78, 5) is 14.2. The number of aromatic amines is 1. The largest absolute Gasteiger partial charge is 0.370 e. The van der Waals surface area contributed by atoms with Gasteiger partial charge in [-0.3, -0.25) is 4.79 Å². The van der Waals surface area contributed by atoms with Gasteiger partial charge in [0.25, 0.3) is 0 Å². The molecule has 0 atom stereocenters. The minimum absolute atomic E-state index is 0.209. The van der Waals surface area contributed by atoms with Gasteiger partial charge < -0.3 is 15.3 Å². The number of fused-ring (bicyclic) bond motifs is 1. The number of hydrogen-bond donors (Lipinski definition) is 2. The number of nitrogens with two attached hydrogens (primary N) is 1. The van der Waals surface area contributed by atoms with Crippen molar-refractivity contribution < 1.29 is 4.79 Å². The molecule has 0 saturated carbocycles. The Morgan fingerprint density at radius 3 is 2.83 bits per heavy atom. The van der Waals surface area contributed by atoms with Crippen LogP contribution < -0.4 is 5.73 Å². The number of nitrogens with zero attached hydrogens (tertiary/aromatic N) is 1. The highest BCUT2D eigenvalue weighted by molar-refractivity contribution is 7.71. The number of amides is 1. The zero-order valence-electron chi connectivity index (χ0n) is 10.2. The van der Waals surface area contributed by atoms with Gasteiger partial charge in [-0.05, 0) is 38.2 Å². The zero-order valence-corrected chi connectivity index (χ0v) is 11.7. The van der Waals surface area contributed by atoms with Crippen molar-refractivity contribution in [2.24, 2.45) is 5.73 Å². The number of hydrogen-bond acceptors (Lipinski definition) is 2. The topological polar surface area (TPSA) is 63.8 Å². The van der Waals surface area contributed by atoms with Gasteiger partial charge in [0.2, 0.25) is 5.91 Å². The van der Waals surface area contributed by atoms with E-state index in [1.54, 1.807) is 6.07 Å². The maximum absolute atomic E-state index is 11.2. The molecular formula is C12H14ClN3OS. The van der Waals surface area contributed by atoms with Gasteiger partial charge in [-0.25, -0.2) is 0 Å². The van der Waals surface area contributed by atoms with Crippen LogP contribution in [0, 0.1) is 4.77 Å². The van der Waals surface area contributed by atoms with Gasteiger partial charge in [0, 0.05) is 6.42 Å². The van der Waals surface area contributed by atoms with Crippen molar-refractivity contribution in [1.82, 2.24) is 9.55 Å². The Hall–Kier alpha value is -1.33. The SMILES string of the molecule is CC(C)(CC(N)=O)n1c(=S)[nH]c2c(Cl)cccc21. The third-order valence-electron chi connectivity index (χ3n) is 2.88. The van der Waals surface area contributed by atoms with Gasteiger partial charge in [-0.15, -0.1) is 0 Å². The van der Waals surface area contributed by atoms with Crippen LogP contribution in [0.4, 0.5) is 0 Å². The van der Waals surface area contributed by atoms with E-state index in [0.29, 0.717) is 9.79 Å². The van der Waals surface area contributed by atoms with Crippen molar-refractivity contribution in [1.29, 1.82) is 0 Å². The monoisotopic (exact) mass is 283 g/mol. The molecule has 6 heteroatoms. The predicted molar refractivity (Wildman–Crippen MR) is 75.3 cm³/mol. The molecular weight excluding hydrogens is 270 g/mol. The number of benzene rings is 1. The van der Waals surface area contributed by atoms with Crippen LogP contribution in [-0.2, 0) is 10.3 Å². The van der Waals surface area contributed by atoms with Crippen molar-refractivity contribution in [3.8, 4) is 0 Å². The van der Waals surface area contributed by atoms with E-state index in [9.17, 15) is 4.79 Å². The summed E-state index contributed by atoms with van der Waals surface area (Å²) in [6.45, 7) is 3.84. The molecule has 4 nitrogen and oxygen atoms in total. The molecule has 0 saturated heterocycles. The second kappa shape index (κ2) is 4.40. The van der Waals surface area contributed by atoms with Crippen molar-refractivity contribution in [2.45, 2.75) is 25.8 Å². The summed E-state index contributed by atoms with van der Waals surface area (Å²) in [6, 6.07) is 5.56. The highest BCUT2D eigenvalue weighted by Gasteiger charge is 2.26. The third-order valence-corrected chi connectivity index (χ3v) is 3.48. The molecule has 0 aliphatic rings. The molecule has 2 aromatic rings. The van der Waals surface area contributed by atoms with Crippen molar-refractivity contribution in [2.75, 3.05) is 0 Å². The fourth-order valence-electron chi connectivity index (χ4n) is 2.20. The number of rotatable bonds is 3. The fraction of sp³-hybridized carbons (Fsp3) is 0.333. The first kappa shape index (κ1) is 13.1. The minimum Gasteiger partial charge on any atom is -0.370 e. The zero-order chi connectivity index (χ0) is 13.5. The number of H-pyrrole nitrogens is 1. The third kappa shape index (κ3) is 2.15. The van der Waals surface area contributed by atoms with E-state index >= 15 is 0 Å². The van der Waals surface area contributed by atoms with E-state index in [4.69, 9.17) is 29.6 Å². The summed E-state index contributed by atoms with van der Waals surface area (Å²) in [7, 11) is 0. The smallest absolute Gasteiger partial charge is 0.219 e. The van der Waals surface area contributed by atoms with Crippen LogP contribution in [0.5, 0.6) is 0 Å². The molecule has 0 aliphatic carbocycles. The van der Waals surface area contributed by atoms with E-state index in [1.165, 1.54) is 0 Å². The van der Waals surface area contributed by atoms with Gasteiger partial charge in [0.15, 0.2) is 4.77 Å². The molecule has 1 heterocycles. The predicted octanol–water partition coefficient (Wildman–Crippen LogP) is 2.96. The van der Waals surface area contributed by atoms with Gasteiger partial charge in [-0.2, -0.15) is 0 Å². The van der Waals surface area contributed by atoms with Crippen LogP contribution in [0.15, 0.2) is 18.2 Å². The van der Waals surface area contributed by atoms with Crippen molar-refractivity contribution in [3.63, 3.8) is 0 Å². The lowest BCUT2D eigenvalue weighted by atomic mass is 10.00. The number of halogens is 1. The molecule has 1 aromatic carbocycles. The quantitative estimate of drug-likeness (QED) is 0.851. The normalized spacial score (nSPS) is 11.9. The van der Waals surface area contributed by atoms with Crippen LogP contribution in [0.3, 0.4) is 0 Å². The van der Waals surface area contributed by atoms with Gasteiger partial charge in [0.1, 0.15) is 0 Å². The molecule has 0 unspecified atom stereocenters. The van der Waals surface area contributed by atoms with Crippen LogP contribution >= 0.6 is 23.8 Å². The summed E-state index contributed by atoms with van der Waals surface area (Å²) in [5.74, 6) is -0.363. The standard InChI is InChI=1S/C12H14ClN3OS/c1-12(2,6-9(14)17)16-8-5-3-4-7(13)10(8)15-11(16)18/h3-5H,6H2,1-2H3,(H2,14,17)(H,15,18). The Labute approximate surface area is 115 Å². The Kier molecular flexibility index (Phi) is 3.21. The summed E-state index contributed by atoms with van der Waals surface area (Å²) in [5.41, 5.74) is 6.45. The summed E-state index contributed by atoms with van der Waals surface area (Å²) in [5, 5.41) is 0.604. The highest BCUT2D eigenvalue weighted by atomic mass is 35.5. The number of para-hydroxylation sites is 1. The molecule has 96 valence electrons. The van der Waals surface area contributed by atoms with Gasteiger partial charge in [-0.1, -0.05) is 17.7 Å². The summed E-state index contributed by atoms with van der Waals surface area (Å²) in [6.07, 6.45) is 0.209. The van der Waals surface area contributed by atoms with Crippen molar-refractivity contribution in [3.05, 3.63) is 28.0 Å². The number of carbonyl (C=O) groups is 1. The Morgan fingerprint density at radius 1 is 1.56 bits per heavy atom. The molecule has 0 spiro atoms. The number of carbonyl (C=O) groups excluding carboxylic acids is 1. The lowest BCUT2D eigenvalue weighted by Crippen LogP contribution is -2.32. The number of imidazole rings is 1. The number of primary amides is 1. The molecule has 2 rings (SSSR count). The molecule has 3 N–H and O–H groups in total. The Bertz CT molecular complexity index is 672. The second-order valence-electron chi connectivity index (χ2n) is 4.86. The van der Waals surface area contributed by atoms with Gasteiger partial charge >= 0.3 is 0 Å². The minimum atomic E-state index is -0.494. The Balaban J connectivity index is 2.71. The summed E-state index contributed by atoms with van der Waals surface area (Å²) >= 11 is 11.4. The van der Waals surface area contributed by atoms with Gasteiger partial charge in [0.05, 0.1) is 21.6 Å². The highest BCUT2D eigenvalue weighted by Crippen LogP contribution is 2.29. The van der Waals surface area contributed by atoms with E-state index in [2.05, 4.69) is 4.98 Å². The number of nitrogens with one attached hydrogen (secondary N) is 1. The molecule has 1 amide bonds. The first-order valence-electron chi connectivity index (χ1n) is 5.51. The Morgan fingerprint density at radius 2 is 2.22 bits per heavy atom. The van der Waals surface area contributed by atoms with Crippen LogP contribution in [0.25, 0.3) is 11.0 Å². The van der Waals surface area contributed by atoms with E-state index in [1.807, 2.05) is 30.5 Å². The molecule has 1 aromatic heterocycles. The molecule has 18 heavy (non-hydrogen) atoms. The van der Waals surface area contributed by atoms with Crippen LogP contribution in [-0.4, -0.2) is 15.5 Å². The molecule has 0 aliphatic heterocycles. The van der Waals surface area contributed by atoms with Crippen LogP contribution in [0.2, 0.25) is 5.02 Å². The van der Waals surface area contributed by atoms with E-state index in [0.717, 1.165) is 11.0 Å². The average Bonchev–Trinajstić information content (AvgIpc) is 2.54. The lowest BCUT2D eigenvalue weighted by molar-refractivity contribution is -0.119. The second-order valence-corrected chi connectivity index (χ2v) is 5.65. The van der Waals surface area contributed by atoms with E-state index < -0.39 is 5.54 Å².